The molecule has 1 amide bonds. The van der Waals surface area contributed by atoms with Crippen molar-refractivity contribution in [2.45, 2.75) is 37.0 Å². The third kappa shape index (κ3) is 3.52. The number of carbonyl (C=O) groups is 1. The molecule has 126 valence electrons. The number of amidine groups is 1. The minimum Gasteiger partial charge on any atom is -0.596 e. The summed E-state index contributed by atoms with van der Waals surface area (Å²) in [5, 5.41) is 17.5. The number of rotatable bonds is 5. The largest absolute Gasteiger partial charge is 1.00 e. The third-order valence-corrected chi connectivity index (χ3v) is 7.07. The van der Waals surface area contributed by atoms with E-state index in [0.29, 0.717) is 5.84 Å². The van der Waals surface area contributed by atoms with E-state index in [4.69, 9.17) is 10.1 Å². The zero-order valence-electron chi connectivity index (χ0n) is 13.8. The minimum atomic E-state index is -0.732. The summed E-state index contributed by atoms with van der Waals surface area (Å²) in [5.74, 6) is 0.105. The van der Waals surface area contributed by atoms with E-state index in [2.05, 4.69) is 0 Å². The normalized spacial score (nSPS) is 29.8. The fourth-order valence-electron chi connectivity index (χ4n) is 3.02. The van der Waals surface area contributed by atoms with Gasteiger partial charge in [-0.25, -0.2) is 0 Å². The molecule has 3 unspecified atom stereocenters. The first kappa shape index (κ1) is 20.1. The predicted octanol–water partition coefficient (Wildman–Crippen LogP) is -2.08. The molecule has 7 nitrogen and oxygen atoms in total. The summed E-state index contributed by atoms with van der Waals surface area (Å²) in [7, 11) is 0. The molecule has 24 heavy (non-hydrogen) atoms. The van der Waals surface area contributed by atoms with Crippen LogP contribution in [0.2, 0.25) is 0 Å². The molecule has 0 bridgehead atoms. The molecule has 2 saturated heterocycles. The summed E-state index contributed by atoms with van der Waals surface area (Å²) >= 11 is 3.03. The zero-order valence-corrected chi connectivity index (χ0v) is 17.4. The predicted molar refractivity (Wildman–Crippen MR) is 88.2 cm³/mol. The van der Waals surface area contributed by atoms with Gasteiger partial charge in [-0.2, -0.15) is 0 Å². The summed E-state index contributed by atoms with van der Waals surface area (Å²) in [5.41, 5.74) is 0. The first-order chi connectivity index (χ1) is 10.9. The van der Waals surface area contributed by atoms with Gasteiger partial charge in [0, 0.05) is 22.6 Å². The Morgan fingerprint density at radius 3 is 2.83 bits per heavy atom. The summed E-state index contributed by atoms with van der Waals surface area (Å²) in [4.78, 5) is 26.3. The molecule has 0 spiro atoms. The Kier molecular flexibility index (Phi) is 6.72. The quantitative estimate of drug-likeness (QED) is 0.186. The van der Waals surface area contributed by atoms with Gasteiger partial charge in [-0.3, -0.25) is 10.2 Å². The first-order valence-electron chi connectivity index (χ1n) is 7.37. The van der Waals surface area contributed by atoms with Crippen molar-refractivity contribution in [3.63, 3.8) is 0 Å². The molecule has 10 heteroatoms. The van der Waals surface area contributed by atoms with Crippen LogP contribution in [0.5, 0.6) is 0 Å². The molecule has 3 aliphatic rings. The van der Waals surface area contributed by atoms with Gasteiger partial charge in [0.2, 0.25) is 5.91 Å². The number of nitrogens with one attached hydrogen (secondary N) is 1. The van der Waals surface area contributed by atoms with E-state index in [1.54, 1.807) is 25.6 Å². The Morgan fingerprint density at radius 1 is 1.58 bits per heavy atom. The molecule has 0 aromatic heterocycles. The van der Waals surface area contributed by atoms with Gasteiger partial charge in [0.1, 0.15) is 0 Å². The Morgan fingerprint density at radius 2 is 2.29 bits per heavy atom. The second kappa shape index (κ2) is 8.01. The van der Waals surface area contributed by atoms with Crippen molar-refractivity contribution >= 4 is 41.7 Å². The molecule has 3 rings (SSSR count). The van der Waals surface area contributed by atoms with Crippen molar-refractivity contribution in [2.24, 2.45) is 5.92 Å². The van der Waals surface area contributed by atoms with Crippen LogP contribution in [-0.2, 0) is 14.3 Å². The number of β-lactam (4-membered cyclic amide) rings is 1. The Balaban J connectivity index is 0.00000208. The number of fused-ring (bicyclic) bond motifs is 1. The van der Waals surface area contributed by atoms with Crippen LogP contribution in [0.25, 0.3) is 0 Å². The standard InChI is InChI=1S/C14H18N3O4S2.Na/c1-7(19)10-11(20)17-12(21-6-18)14(23-13(10)17)22-9-3-4-16(5-9)8(2)15;/h7,9-10,13,15,19H,3-5H2,1-2H3;/q-1;+1/t7?,9?,10?,13-;/m0./s1. The summed E-state index contributed by atoms with van der Waals surface area (Å²) < 4.78 is 5.71. The molecule has 2 N–H and O–H groups in total. The number of hydrogen-bond donors (Lipinski definition) is 2. The number of nitrogens with zero attached hydrogens (tertiary/aromatic N) is 2. The van der Waals surface area contributed by atoms with Gasteiger partial charge >= 0.3 is 29.6 Å². The van der Waals surface area contributed by atoms with Gasteiger partial charge < -0.3 is 24.4 Å². The van der Waals surface area contributed by atoms with Crippen LogP contribution in [0, 0.1) is 11.3 Å². The SMILES string of the molecule is CC(=N)N1CCC(SC2=C(O[C-]=O)N3C(=O)C(C(C)O)[C@@H]3S2)C1.[Na+]. The van der Waals surface area contributed by atoms with Crippen LogP contribution >= 0.6 is 23.5 Å². The van der Waals surface area contributed by atoms with Gasteiger partial charge in [-0.05, 0) is 20.3 Å². The second-order valence-electron chi connectivity index (χ2n) is 5.82. The smallest absolute Gasteiger partial charge is 0.596 e. The molecule has 3 aliphatic heterocycles. The van der Waals surface area contributed by atoms with Crippen molar-refractivity contribution < 1.29 is 49.0 Å². The fourth-order valence-corrected chi connectivity index (χ4v) is 6.22. The summed E-state index contributed by atoms with van der Waals surface area (Å²) in [6, 6.07) is 0. The second-order valence-corrected chi connectivity index (χ2v) is 8.52. The fraction of sp³-hybridized carbons (Fsp3) is 0.643. The molecule has 0 aliphatic carbocycles. The average molecular weight is 379 g/mol. The van der Waals surface area contributed by atoms with Crippen molar-refractivity contribution in [3.05, 3.63) is 10.1 Å². The molecule has 0 aromatic rings. The Hall–Kier alpha value is -0.190. The molecular weight excluding hydrogens is 361 g/mol. The van der Waals surface area contributed by atoms with E-state index in [9.17, 15) is 14.7 Å². The Labute approximate surface area is 171 Å². The molecule has 2 fully saturated rings. The van der Waals surface area contributed by atoms with Crippen molar-refractivity contribution in [1.29, 1.82) is 5.41 Å². The zero-order chi connectivity index (χ0) is 16.7. The molecule has 4 atom stereocenters. The maximum absolute atomic E-state index is 12.2. The third-order valence-electron chi connectivity index (χ3n) is 4.26. The van der Waals surface area contributed by atoms with Crippen molar-refractivity contribution in [1.82, 2.24) is 9.80 Å². The van der Waals surface area contributed by atoms with Crippen LogP contribution in [0.4, 0.5) is 0 Å². The van der Waals surface area contributed by atoms with E-state index in [-0.39, 0.29) is 52.0 Å². The number of aliphatic hydroxyl groups is 1. The van der Waals surface area contributed by atoms with Gasteiger partial charge in [0.05, 0.1) is 29.1 Å². The number of thioether (sulfide) groups is 2. The molecule has 0 radical (unpaired) electrons. The van der Waals surface area contributed by atoms with Gasteiger partial charge in [0.15, 0.2) is 6.47 Å². The molecular formula is C14H18N3NaO4S2. The maximum Gasteiger partial charge on any atom is 1.00 e. The van der Waals surface area contributed by atoms with Crippen LogP contribution in [0.1, 0.15) is 20.3 Å². The van der Waals surface area contributed by atoms with Crippen LogP contribution in [-0.4, -0.2) is 62.9 Å². The van der Waals surface area contributed by atoms with E-state index in [0.717, 1.165) is 23.7 Å². The van der Waals surface area contributed by atoms with Gasteiger partial charge in [-0.15, -0.1) is 23.5 Å². The monoisotopic (exact) mass is 379 g/mol. The summed E-state index contributed by atoms with van der Waals surface area (Å²) in [6.07, 6.45) is 0.200. The molecule has 0 aromatic carbocycles. The van der Waals surface area contributed by atoms with Gasteiger partial charge in [0.25, 0.3) is 0 Å². The number of ether oxygens (including phenoxy) is 1. The number of aliphatic hydroxyl groups excluding tert-OH is 1. The van der Waals surface area contributed by atoms with E-state index in [1.165, 1.54) is 23.1 Å². The number of hydrogen-bond acceptors (Lipinski definition) is 7. The van der Waals surface area contributed by atoms with Gasteiger partial charge in [-0.1, -0.05) is 0 Å². The topological polar surface area (TPSA) is 93.9 Å². The Bertz CT molecular complexity index is 586. The average Bonchev–Trinajstić information content (AvgIpc) is 3.03. The molecule has 0 saturated carbocycles. The number of carbonyl (C=O) groups excluding carboxylic acids is 2. The number of amides is 1. The number of likely N-dealkylation sites (tertiary alicyclic amines) is 1. The maximum atomic E-state index is 12.2. The van der Waals surface area contributed by atoms with Crippen molar-refractivity contribution in [2.75, 3.05) is 13.1 Å². The van der Waals surface area contributed by atoms with Crippen molar-refractivity contribution in [3.8, 4) is 0 Å². The minimum absolute atomic E-state index is 0. The van der Waals surface area contributed by atoms with Crippen LogP contribution in [0.15, 0.2) is 10.1 Å². The van der Waals surface area contributed by atoms with E-state index < -0.39 is 12.0 Å². The van der Waals surface area contributed by atoms with E-state index in [1.807, 2.05) is 4.90 Å². The molecule has 3 heterocycles. The first-order valence-corrected chi connectivity index (χ1v) is 9.12. The van der Waals surface area contributed by atoms with E-state index >= 15 is 0 Å². The summed E-state index contributed by atoms with van der Waals surface area (Å²) in [6.45, 7) is 6.37. The van der Waals surface area contributed by atoms with Crippen LogP contribution < -0.4 is 29.6 Å². The van der Waals surface area contributed by atoms with Crippen LogP contribution in [0.3, 0.4) is 0 Å².